The Morgan fingerprint density at radius 2 is 2.00 bits per heavy atom. The van der Waals surface area contributed by atoms with E-state index in [-0.39, 0.29) is 18.3 Å². The van der Waals surface area contributed by atoms with Crippen LogP contribution in [0.1, 0.15) is 25.3 Å². The molecule has 0 bridgehead atoms. The van der Waals surface area contributed by atoms with Gasteiger partial charge < -0.3 is 11.1 Å². The summed E-state index contributed by atoms with van der Waals surface area (Å²) in [5, 5.41) is 2.94. The monoisotopic (exact) mass is 268 g/mol. The molecule has 0 unspecified atom stereocenters. The number of hydrogen-bond acceptors (Lipinski definition) is 2. The maximum Gasteiger partial charge on any atom is 0.237 e. The van der Waals surface area contributed by atoms with Gasteiger partial charge in [-0.15, -0.1) is 12.4 Å². The first kappa shape index (κ1) is 15.0. The van der Waals surface area contributed by atoms with Crippen molar-refractivity contribution in [1.29, 1.82) is 0 Å². The first-order valence-corrected chi connectivity index (χ1v) is 6.16. The molecule has 0 heterocycles. The Morgan fingerprint density at radius 3 is 2.56 bits per heavy atom. The molecule has 0 spiro atoms. The van der Waals surface area contributed by atoms with Crippen molar-refractivity contribution in [3.63, 3.8) is 0 Å². The average molecular weight is 269 g/mol. The summed E-state index contributed by atoms with van der Waals surface area (Å²) in [5.41, 5.74) is 7.33. The van der Waals surface area contributed by atoms with Crippen molar-refractivity contribution in [2.24, 2.45) is 11.1 Å². The Kier molecular flexibility index (Phi) is 5.17. The molecule has 2 rings (SSSR count). The molecule has 1 aliphatic rings. The third-order valence-corrected chi connectivity index (χ3v) is 3.43. The molecule has 18 heavy (non-hydrogen) atoms. The van der Waals surface area contributed by atoms with Crippen LogP contribution >= 0.6 is 12.4 Å². The van der Waals surface area contributed by atoms with Crippen LogP contribution in [0.25, 0.3) is 0 Å². The van der Waals surface area contributed by atoms with E-state index in [2.05, 4.69) is 12.2 Å². The molecule has 1 aromatic carbocycles. The lowest BCUT2D eigenvalue weighted by atomic mass is 10.1. The van der Waals surface area contributed by atoms with Crippen molar-refractivity contribution in [2.45, 2.75) is 32.2 Å². The molecular formula is C14H21ClN2O. The Labute approximate surface area is 115 Å². The number of rotatable bonds is 5. The lowest BCUT2D eigenvalue weighted by Gasteiger charge is -2.14. The van der Waals surface area contributed by atoms with Crippen LogP contribution in [-0.4, -0.2) is 18.5 Å². The third-order valence-electron chi connectivity index (χ3n) is 3.43. The van der Waals surface area contributed by atoms with E-state index in [1.54, 1.807) is 0 Å². The van der Waals surface area contributed by atoms with Crippen LogP contribution in [0.3, 0.4) is 0 Å². The van der Waals surface area contributed by atoms with Crippen LogP contribution in [-0.2, 0) is 11.2 Å². The summed E-state index contributed by atoms with van der Waals surface area (Å²) in [6.45, 7) is 2.95. The van der Waals surface area contributed by atoms with E-state index in [1.807, 2.05) is 30.3 Å². The quantitative estimate of drug-likeness (QED) is 0.857. The van der Waals surface area contributed by atoms with Gasteiger partial charge in [-0.1, -0.05) is 37.3 Å². The van der Waals surface area contributed by atoms with Gasteiger partial charge >= 0.3 is 0 Å². The van der Waals surface area contributed by atoms with E-state index in [0.717, 1.165) is 12.1 Å². The second-order valence-corrected chi connectivity index (χ2v) is 5.32. The van der Waals surface area contributed by atoms with Gasteiger partial charge in [0.05, 0.1) is 6.04 Å². The van der Waals surface area contributed by atoms with Crippen LogP contribution in [0.15, 0.2) is 30.3 Å². The maximum atomic E-state index is 11.8. The Hall–Kier alpha value is -1.06. The Morgan fingerprint density at radius 1 is 1.39 bits per heavy atom. The van der Waals surface area contributed by atoms with E-state index in [4.69, 9.17) is 5.73 Å². The predicted molar refractivity (Wildman–Crippen MR) is 75.7 cm³/mol. The summed E-state index contributed by atoms with van der Waals surface area (Å²) in [6.07, 6.45) is 3.02. The van der Waals surface area contributed by atoms with Crippen molar-refractivity contribution in [2.75, 3.05) is 6.54 Å². The summed E-state index contributed by atoms with van der Waals surface area (Å²) in [5.74, 6) is -0.0398. The van der Waals surface area contributed by atoms with Gasteiger partial charge in [-0.3, -0.25) is 4.79 Å². The van der Waals surface area contributed by atoms with Gasteiger partial charge in [0.15, 0.2) is 0 Å². The number of hydrogen-bond donors (Lipinski definition) is 2. The number of carbonyl (C=O) groups excluding carboxylic acids is 1. The fourth-order valence-electron chi connectivity index (χ4n) is 1.78. The van der Waals surface area contributed by atoms with Crippen LogP contribution in [0.4, 0.5) is 0 Å². The lowest BCUT2D eigenvalue weighted by molar-refractivity contribution is -0.122. The first-order chi connectivity index (χ1) is 8.09. The molecule has 1 fully saturated rings. The van der Waals surface area contributed by atoms with E-state index in [9.17, 15) is 4.79 Å². The number of amides is 1. The van der Waals surface area contributed by atoms with E-state index >= 15 is 0 Å². The standard InChI is InChI=1S/C14H20N2O.ClH/c1-14(7-8-14)10-16-13(17)12(15)9-11-5-3-2-4-6-11;/h2-6,12H,7-10,15H2,1H3,(H,16,17);1H/t12-;/m0./s1. The maximum absolute atomic E-state index is 11.8. The highest BCUT2D eigenvalue weighted by atomic mass is 35.5. The topological polar surface area (TPSA) is 55.1 Å². The molecule has 3 nitrogen and oxygen atoms in total. The van der Waals surface area contributed by atoms with Crippen LogP contribution < -0.4 is 11.1 Å². The highest BCUT2D eigenvalue weighted by Crippen LogP contribution is 2.43. The summed E-state index contributed by atoms with van der Waals surface area (Å²) in [4.78, 5) is 11.8. The molecule has 1 aromatic rings. The summed E-state index contributed by atoms with van der Waals surface area (Å²) in [7, 11) is 0. The average Bonchev–Trinajstić information content (AvgIpc) is 3.06. The van der Waals surface area contributed by atoms with Crippen molar-refractivity contribution >= 4 is 18.3 Å². The number of nitrogens with one attached hydrogen (secondary N) is 1. The summed E-state index contributed by atoms with van der Waals surface area (Å²) >= 11 is 0. The van der Waals surface area contributed by atoms with Crippen molar-refractivity contribution in [3.8, 4) is 0 Å². The van der Waals surface area contributed by atoms with Crippen molar-refractivity contribution < 1.29 is 4.79 Å². The molecule has 0 aliphatic heterocycles. The smallest absolute Gasteiger partial charge is 0.237 e. The van der Waals surface area contributed by atoms with E-state index in [0.29, 0.717) is 11.8 Å². The Balaban J connectivity index is 0.00000162. The molecular weight excluding hydrogens is 248 g/mol. The SMILES string of the molecule is CC1(CNC(=O)[C@@H](N)Cc2ccccc2)CC1.Cl. The van der Waals surface area contributed by atoms with E-state index < -0.39 is 6.04 Å². The minimum absolute atomic E-state index is 0. The molecule has 0 saturated heterocycles. The van der Waals surface area contributed by atoms with Crippen molar-refractivity contribution in [3.05, 3.63) is 35.9 Å². The van der Waals surface area contributed by atoms with Crippen molar-refractivity contribution in [1.82, 2.24) is 5.32 Å². The van der Waals surface area contributed by atoms with Gasteiger partial charge in [0, 0.05) is 6.54 Å². The van der Waals surface area contributed by atoms with Gasteiger partial charge in [-0.25, -0.2) is 0 Å². The molecule has 1 amide bonds. The van der Waals surface area contributed by atoms with Crippen LogP contribution in [0, 0.1) is 5.41 Å². The second-order valence-electron chi connectivity index (χ2n) is 5.32. The van der Waals surface area contributed by atoms with E-state index in [1.165, 1.54) is 12.8 Å². The predicted octanol–water partition coefficient (Wildman–Crippen LogP) is 1.89. The molecule has 3 N–H and O–H groups in total. The van der Waals surface area contributed by atoms with Gasteiger partial charge in [-0.2, -0.15) is 0 Å². The largest absolute Gasteiger partial charge is 0.354 e. The van der Waals surface area contributed by atoms with Gasteiger partial charge in [0.1, 0.15) is 0 Å². The second kappa shape index (κ2) is 6.21. The molecule has 4 heteroatoms. The first-order valence-electron chi connectivity index (χ1n) is 6.16. The fourth-order valence-corrected chi connectivity index (χ4v) is 1.78. The highest BCUT2D eigenvalue weighted by Gasteiger charge is 2.37. The normalized spacial score (nSPS) is 17.4. The Bertz CT molecular complexity index is 390. The van der Waals surface area contributed by atoms with Crippen LogP contribution in [0.2, 0.25) is 0 Å². The fraction of sp³-hybridized carbons (Fsp3) is 0.500. The zero-order valence-electron chi connectivity index (χ0n) is 10.7. The number of benzene rings is 1. The molecule has 1 atom stereocenters. The molecule has 0 radical (unpaired) electrons. The summed E-state index contributed by atoms with van der Waals surface area (Å²) < 4.78 is 0. The minimum Gasteiger partial charge on any atom is -0.354 e. The number of carbonyl (C=O) groups is 1. The van der Waals surface area contributed by atoms with Crippen LogP contribution in [0.5, 0.6) is 0 Å². The molecule has 1 aliphatic carbocycles. The zero-order chi connectivity index (χ0) is 12.3. The number of nitrogens with two attached hydrogens (primary N) is 1. The van der Waals surface area contributed by atoms with Gasteiger partial charge in [0.25, 0.3) is 0 Å². The zero-order valence-corrected chi connectivity index (χ0v) is 11.5. The lowest BCUT2D eigenvalue weighted by Crippen LogP contribution is -2.43. The molecule has 1 saturated carbocycles. The van der Waals surface area contributed by atoms with Gasteiger partial charge in [-0.05, 0) is 30.2 Å². The minimum atomic E-state index is -0.445. The van der Waals surface area contributed by atoms with Gasteiger partial charge in [0.2, 0.25) is 5.91 Å². The highest BCUT2D eigenvalue weighted by molar-refractivity contribution is 5.85. The third kappa shape index (κ3) is 4.31. The summed E-state index contributed by atoms with van der Waals surface area (Å²) in [6, 6.07) is 9.43. The molecule has 0 aromatic heterocycles. The number of halogens is 1. The molecule has 100 valence electrons.